The first-order chi connectivity index (χ1) is 10.6. The Balaban J connectivity index is 2.07. The smallest absolute Gasteiger partial charge is 0.277 e. The molecule has 0 spiro atoms. The predicted octanol–water partition coefficient (Wildman–Crippen LogP) is 3.98. The van der Waals surface area contributed by atoms with Crippen LogP contribution in [0, 0.1) is 6.92 Å². The van der Waals surface area contributed by atoms with Crippen molar-refractivity contribution in [3.05, 3.63) is 64.5 Å². The summed E-state index contributed by atoms with van der Waals surface area (Å²) >= 11 is 3.40. The zero-order valence-corrected chi connectivity index (χ0v) is 13.8. The number of aromatic nitrogens is 2. The lowest BCUT2D eigenvalue weighted by Gasteiger charge is -2.19. The van der Waals surface area contributed by atoms with Crippen LogP contribution in [0.25, 0.3) is 10.9 Å². The second-order valence-corrected chi connectivity index (χ2v) is 5.85. The SMILES string of the molecule is Cc1ccc(Br)c(C(=O)N(C)c2cccc3ncccc23)n1. The van der Waals surface area contributed by atoms with Gasteiger partial charge in [-0.05, 0) is 59.3 Å². The van der Waals surface area contributed by atoms with Crippen LogP contribution in [0.1, 0.15) is 16.2 Å². The molecule has 4 nitrogen and oxygen atoms in total. The summed E-state index contributed by atoms with van der Waals surface area (Å²) < 4.78 is 0.688. The van der Waals surface area contributed by atoms with Gasteiger partial charge in [0.1, 0.15) is 5.69 Å². The molecule has 0 atom stereocenters. The number of carbonyl (C=O) groups excluding carboxylic acids is 1. The van der Waals surface area contributed by atoms with Gasteiger partial charge in [0.2, 0.25) is 0 Å². The lowest BCUT2D eigenvalue weighted by molar-refractivity contribution is 0.0987. The normalized spacial score (nSPS) is 10.7. The molecule has 0 saturated heterocycles. The van der Waals surface area contributed by atoms with Crippen molar-refractivity contribution in [3.8, 4) is 0 Å². The Morgan fingerprint density at radius 1 is 1.14 bits per heavy atom. The number of halogens is 1. The van der Waals surface area contributed by atoms with Gasteiger partial charge in [-0.15, -0.1) is 0 Å². The fourth-order valence-corrected chi connectivity index (χ4v) is 2.73. The summed E-state index contributed by atoms with van der Waals surface area (Å²) in [6, 6.07) is 13.3. The largest absolute Gasteiger partial charge is 0.309 e. The Bertz CT molecular complexity index is 858. The van der Waals surface area contributed by atoms with Gasteiger partial charge < -0.3 is 4.90 Å². The number of hydrogen-bond donors (Lipinski definition) is 0. The summed E-state index contributed by atoms with van der Waals surface area (Å²) in [5.41, 5.74) is 2.88. The van der Waals surface area contributed by atoms with Crippen molar-refractivity contribution in [2.75, 3.05) is 11.9 Å². The molecule has 1 amide bonds. The van der Waals surface area contributed by atoms with Gasteiger partial charge in [-0.1, -0.05) is 6.07 Å². The molecule has 0 aliphatic carbocycles. The molecule has 0 radical (unpaired) electrons. The lowest BCUT2D eigenvalue weighted by atomic mass is 10.1. The Morgan fingerprint density at radius 3 is 2.77 bits per heavy atom. The fraction of sp³-hybridized carbons (Fsp3) is 0.118. The van der Waals surface area contributed by atoms with E-state index in [1.807, 2.05) is 49.4 Å². The van der Waals surface area contributed by atoms with Gasteiger partial charge in [0.15, 0.2) is 0 Å². The summed E-state index contributed by atoms with van der Waals surface area (Å²) in [5, 5.41) is 0.935. The molecule has 3 aromatic rings. The van der Waals surface area contributed by atoms with Crippen molar-refractivity contribution >= 4 is 38.4 Å². The molecular weight excluding hydrogens is 342 g/mol. The highest BCUT2D eigenvalue weighted by molar-refractivity contribution is 9.10. The van der Waals surface area contributed by atoms with Gasteiger partial charge in [0, 0.05) is 28.8 Å². The third-order valence-corrected chi connectivity index (χ3v) is 4.12. The number of anilines is 1. The van der Waals surface area contributed by atoms with Crippen LogP contribution in [0.5, 0.6) is 0 Å². The minimum absolute atomic E-state index is 0.160. The molecule has 0 N–H and O–H groups in total. The first-order valence-corrected chi connectivity index (χ1v) is 7.62. The van der Waals surface area contributed by atoms with Crippen LogP contribution < -0.4 is 4.90 Å². The summed E-state index contributed by atoms with van der Waals surface area (Å²) in [5.74, 6) is -0.160. The number of aryl methyl sites for hydroxylation is 1. The van der Waals surface area contributed by atoms with Crippen molar-refractivity contribution in [1.29, 1.82) is 0 Å². The van der Waals surface area contributed by atoms with E-state index in [0.717, 1.165) is 22.3 Å². The van der Waals surface area contributed by atoms with E-state index >= 15 is 0 Å². The number of amides is 1. The predicted molar refractivity (Wildman–Crippen MR) is 91.2 cm³/mol. The van der Waals surface area contributed by atoms with Crippen molar-refractivity contribution in [2.24, 2.45) is 0 Å². The van der Waals surface area contributed by atoms with Gasteiger partial charge in [-0.2, -0.15) is 0 Å². The number of fused-ring (bicyclic) bond motifs is 1. The molecule has 0 saturated carbocycles. The minimum atomic E-state index is -0.160. The molecule has 0 aliphatic rings. The molecule has 0 unspecified atom stereocenters. The van der Waals surface area contributed by atoms with E-state index in [-0.39, 0.29) is 5.91 Å². The molecular formula is C17H14BrN3O. The van der Waals surface area contributed by atoms with E-state index in [0.29, 0.717) is 10.2 Å². The van der Waals surface area contributed by atoms with E-state index in [1.54, 1.807) is 18.1 Å². The highest BCUT2D eigenvalue weighted by atomic mass is 79.9. The van der Waals surface area contributed by atoms with E-state index in [1.165, 1.54) is 0 Å². The van der Waals surface area contributed by atoms with Gasteiger partial charge in [-0.25, -0.2) is 4.98 Å². The molecule has 0 aliphatic heterocycles. The number of nitrogens with zero attached hydrogens (tertiary/aromatic N) is 3. The maximum atomic E-state index is 12.8. The molecule has 1 aromatic carbocycles. The van der Waals surface area contributed by atoms with Gasteiger partial charge in [0.25, 0.3) is 5.91 Å². The van der Waals surface area contributed by atoms with Crippen LogP contribution in [-0.4, -0.2) is 22.9 Å². The molecule has 2 heterocycles. The van der Waals surface area contributed by atoms with E-state index in [2.05, 4.69) is 25.9 Å². The van der Waals surface area contributed by atoms with Crippen LogP contribution in [0.15, 0.2) is 53.1 Å². The highest BCUT2D eigenvalue weighted by Gasteiger charge is 2.19. The average molecular weight is 356 g/mol. The lowest BCUT2D eigenvalue weighted by Crippen LogP contribution is -2.27. The number of hydrogen-bond acceptors (Lipinski definition) is 3. The third-order valence-electron chi connectivity index (χ3n) is 3.48. The fourth-order valence-electron chi connectivity index (χ4n) is 2.34. The number of pyridine rings is 2. The van der Waals surface area contributed by atoms with Gasteiger partial charge in [-0.3, -0.25) is 9.78 Å². The average Bonchev–Trinajstić information content (AvgIpc) is 2.55. The van der Waals surface area contributed by atoms with Crippen LogP contribution in [0.2, 0.25) is 0 Å². The summed E-state index contributed by atoms with van der Waals surface area (Å²) in [7, 11) is 1.75. The first kappa shape index (κ1) is 14.7. The number of carbonyl (C=O) groups is 1. The van der Waals surface area contributed by atoms with Crippen LogP contribution in [0.4, 0.5) is 5.69 Å². The molecule has 5 heteroatoms. The summed E-state index contributed by atoms with van der Waals surface area (Å²) in [6.45, 7) is 1.87. The molecule has 22 heavy (non-hydrogen) atoms. The molecule has 0 bridgehead atoms. The van der Waals surface area contributed by atoms with E-state index < -0.39 is 0 Å². The molecule has 2 aromatic heterocycles. The molecule has 3 rings (SSSR count). The maximum Gasteiger partial charge on any atom is 0.277 e. The second kappa shape index (κ2) is 5.85. The molecule has 110 valence electrons. The number of benzene rings is 1. The number of rotatable bonds is 2. The minimum Gasteiger partial charge on any atom is -0.309 e. The van der Waals surface area contributed by atoms with Crippen LogP contribution in [0.3, 0.4) is 0 Å². The summed E-state index contributed by atoms with van der Waals surface area (Å²) in [4.78, 5) is 23.1. The monoisotopic (exact) mass is 355 g/mol. The van der Waals surface area contributed by atoms with Crippen LogP contribution in [-0.2, 0) is 0 Å². The standard InChI is InChI=1S/C17H14BrN3O/c1-11-8-9-13(18)16(20-11)17(22)21(2)15-7-3-6-14-12(15)5-4-10-19-14/h3-10H,1-2H3. The van der Waals surface area contributed by atoms with Crippen LogP contribution >= 0.6 is 15.9 Å². The van der Waals surface area contributed by atoms with Gasteiger partial charge >= 0.3 is 0 Å². The van der Waals surface area contributed by atoms with Gasteiger partial charge in [0.05, 0.1) is 11.2 Å². The maximum absolute atomic E-state index is 12.8. The quantitative estimate of drug-likeness (QED) is 0.698. The Kier molecular flexibility index (Phi) is 3.90. The second-order valence-electron chi connectivity index (χ2n) is 4.99. The zero-order valence-electron chi connectivity index (χ0n) is 12.2. The highest BCUT2D eigenvalue weighted by Crippen LogP contribution is 2.26. The molecule has 0 fully saturated rings. The Morgan fingerprint density at radius 2 is 1.95 bits per heavy atom. The Labute approximate surface area is 136 Å². The van der Waals surface area contributed by atoms with Crippen molar-refractivity contribution < 1.29 is 4.79 Å². The summed E-state index contributed by atoms with van der Waals surface area (Å²) in [6.07, 6.45) is 1.74. The third kappa shape index (κ3) is 2.60. The van der Waals surface area contributed by atoms with E-state index in [4.69, 9.17) is 0 Å². The topological polar surface area (TPSA) is 46.1 Å². The van der Waals surface area contributed by atoms with Crippen molar-refractivity contribution in [3.63, 3.8) is 0 Å². The first-order valence-electron chi connectivity index (χ1n) is 6.83. The zero-order chi connectivity index (χ0) is 15.7. The van der Waals surface area contributed by atoms with Crippen molar-refractivity contribution in [1.82, 2.24) is 9.97 Å². The van der Waals surface area contributed by atoms with Crippen molar-refractivity contribution in [2.45, 2.75) is 6.92 Å². The Hall–Kier alpha value is -2.27. The van der Waals surface area contributed by atoms with E-state index in [9.17, 15) is 4.79 Å².